The topological polar surface area (TPSA) is 18.5 Å². The van der Waals surface area contributed by atoms with Crippen LogP contribution in [0.4, 0.5) is 4.39 Å². The van der Waals surface area contributed by atoms with Gasteiger partial charge in [-0.3, -0.25) is 0 Å². The van der Waals surface area contributed by atoms with Crippen molar-refractivity contribution >= 4 is 0 Å². The van der Waals surface area contributed by atoms with E-state index in [1.807, 2.05) is 6.07 Å². The molecular weight excluding hydrogens is 241 g/mol. The van der Waals surface area contributed by atoms with Crippen LogP contribution >= 0.6 is 0 Å². The minimum atomic E-state index is -0.151. The van der Waals surface area contributed by atoms with E-state index in [0.29, 0.717) is 6.04 Å². The third kappa shape index (κ3) is 4.90. The fourth-order valence-corrected chi connectivity index (χ4v) is 2.59. The Hall–Kier alpha value is -0.970. The second-order valence-electron chi connectivity index (χ2n) is 5.57. The highest BCUT2D eigenvalue weighted by Crippen LogP contribution is 2.08. The zero-order valence-corrected chi connectivity index (χ0v) is 11.9. The van der Waals surface area contributed by atoms with Gasteiger partial charge in [-0.25, -0.2) is 4.39 Å². The van der Waals surface area contributed by atoms with E-state index < -0.39 is 0 Å². The lowest BCUT2D eigenvalue weighted by Crippen LogP contribution is -2.49. The van der Waals surface area contributed by atoms with Crippen LogP contribution in [0.1, 0.15) is 12.0 Å². The smallest absolute Gasteiger partial charge is 0.123 e. The van der Waals surface area contributed by atoms with Crippen LogP contribution in [-0.2, 0) is 6.54 Å². The summed E-state index contributed by atoms with van der Waals surface area (Å²) in [7, 11) is 4.27. The summed E-state index contributed by atoms with van der Waals surface area (Å²) < 4.78 is 13.1. The second-order valence-corrected chi connectivity index (χ2v) is 5.57. The molecule has 1 fully saturated rings. The molecule has 1 saturated heterocycles. The molecule has 1 aliphatic heterocycles. The molecule has 0 radical (unpaired) electrons. The first kappa shape index (κ1) is 14.4. The fraction of sp³-hybridized carbons (Fsp3) is 0.600. The molecule has 1 aromatic carbocycles. The Morgan fingerprint density at radius 2 is 2.32 bits per heavy atom. The SMILES string of the molecule is CN(CCC1CN(C)CCN1)Cc1cccc(F)c1. The van der Waals surface area contributed by atoms with Crippen LogP contribution in [0.2, 0.25) is 0 Å². The van der Waals surface area contributed by atoms with Gasteiger partial charge < -0.3 is 15.1 Å². The highest BCUT2D eigenvalue weighted by molar-refractivity contribution is 5.15. The second kappa shape index (κ2) is 6.98. The number of nitrogens with zero attached hydrogens (tertiary/aromatic N) is 2. The van der Waals surface area contributed by atoms with Crippen LogP contribution in [0.5, 0.6) is 0 Å². The Bertz CT molecular complexity index is 397. The molecular formula is C15H24FN3. The van der Waals surface area contributed by atoms with Crippen LogP contribution in [0.3, 0.4) is 0 Å². The monoisotopic (exact) mass is 265 g/mol. The maximum Gasteiger partial charge on any atom is 0.123 e. The van der Waals surface area contributed by atoms with E-state index in [1.165, 1.54) is 6.07 Å². The van der Waals surface area contributed by atoms with E-state index in [4.69, 9.17) is 0 Å². The Labute approximate surface area is 115 Å². The molecule has 0 amide bonds. The normalized spacial score (nSPS) is 20.9. The molecule has 1 heterocycles. The van der Waals surface area contributed by atoms with E-state index in [-0.39, 0.29) is 5.82 Å². The first-order valence-electron chi connectivity index (χ1n) is 6.98. The number of halogens is 1. The zero-order valence-electron chi connectivity index (χ0n) is 11.9. The Balaban J connectivity index is 1.73. The van der Waals surface area contributed by atoms with Crippen molar-refractivity contribution in [1.82, 2.24) is 15.1 Å². The number of piperazine rings is 1. The van der Waals surface area contributed by atoms with E-state index in [1.54, 1.807) is 12.1 Å². The quantitative estimate of drug-likeness (QED) is 0.871. The number of benzene rings is 1. The van der Waals surface area contributed by atoms with Crippen LogP contribution < -0.4 is 5.32 Å². The molecule has 1 atom stereocenters. The lowest BCUT2D eigenvalue weighted by Gasteiger charge is -2.32. The molecule has 2 rings (SSSR count). The lowest BCUT2D eigenvalue weighted by molar-refractivity contribution is 0.212. The molecule has 1 N–H and O–H groups in total. The number of hydrogen-bond acceptors (Lipinski definition) is 3. The summed E-state index contributed by atoms with van der Waals surface area (Å²) in [6.45, 7) is 5.17. The highest BCUT2D eigenvalue weighted by atomic mass is 19.1. The first-order valence-corrected chi connectivity index (χ1v) is 6.98. The van der Waals surface area contributed by atoms with Crippen molar-refractivity contribution in [2.45, 2.75) is 19.0 Å². The van der Waals surface area contributed by atoms with Crippen LogP contribution in [0, 0.1) is 5.82 Å². The molecule has 0 saturated carbocycles. The van der Waals surface area contributed by atoms with Crippen molar-refractivity contribution in [2.75, 3.05) is 40.3 Å². The number of rotatable bonds is 5. The molecule has 0 bridgehead atoms. The lowest BCUT2D eigenvalue weighted by atomic mass is 10.1. The number of likely N-dealkylation sites (N-methyl/N-ethyl adjacent to an activating group) is 1. The highest BCUT2D eigenvalue weighted by Gasteiger charge is 2.16. The number of hydrogen-bond donors (Lipinski definition) is 1. The Morgan fingerprint density at radius 1 is 1.47 bits per heavy atom. The Morgan fingerprint density at radius 3 is 3.05 bits per heavy atom. The summed E-state index contributed by atoms with van der Waals surface area (Å²) in [6, 6.07) is 7.44. The average molecular weight is 265 g/mol. The van der Waals surface area contributed by atoms with Crippen LogP contribution in [0.15, 0.2) is 24.3 Å². The van der Waals surface area contributed by atoms with E-state index in [2.05, 4.69) is 29.2 Å². The Kier molecular flexibility index (Phi) is 5.31. The van der Waals surface area contributed by atoms with Gasteiger partial charge in [-0.05, 0) is 44.8 Å². The van der Waals surface area contributed by atoms with E-state index >= 15 is 0 Å². The summed E-state index contributed by atoms with van der Waals surface area (Å²) in [5.74, 6) is -0.151. The van der Waals surface area contributed by atoms with Gasteiger partial charge in [-0.15, -0.1) is 0 Å². The van der Waals surface area contributed by atoms with E-state index in [9.17, 15) is 4.39 Å². The fourth-order valence-electron chi connectivity index (χ4n) is 2.59. The molecule has 0 aliphatic carbocycles. The molecule has 3 nitrogen and oxygen atoms in total. The molecule has 0 spiro atoms. The van der Waals surface area contributed by atoms with E-state index in [0.717, 1.165) is 44.7 Å². The van der Waals surface area contributed by atoms with Crippen LogP contribution in [0.25, 0.3) is 0 Å². The minimum Gasteiger partial charge on any atom is -0.311 e. The van der Waals surface area contributed by atoms with Crippen molar-refractivity contribution in [3.63, 3.8) is 0 Å². The zero-order chi connectivity index (χ0) is 13.7. The molecule has 1 aliphatic rings. The van der Waals surface area contributed by atoms with Gasteiger partial charge in [-0.2, -0.15) is 0 Å². The molecule has 1 unspecified atom stereocenters. The van der Waals surface area contributed by atoms with Crippen molar-refractivity contribution in [2.24, 2.45) is 0 Å². The first-order chi connectivity index (χ1) is 9.13. The standard InChI is InChI=1S/C15H24FN3/c1-18(11-13-4-3-5-14(16)10-13)8-6-15-12-19(2)9-7-17-15/h3-5,10,15,17H,6-9,11-12H2,1-2H3. The van der Waals surface area contributed by atoms with Crippen LogP contribution in [-0.4, -0.2) is 56.1 Å². The molecule has 1 aromatic rings. The molecule has 19 heavy (non-hydrogen) atoms. The van der Waals surface area contributed by atoms with Gasteiger partial charge in [-0.1, -0.05) is 12.1 Å². The maximum atomic E-state index is 13.1. The molecule has 4 heteroatoms. The summed E-state index contributed by atoms with van der Waals surface area (Å²) >= 11 is 0. The maximum absolute atomic E-state index is 13.1. The van der Waals surface area contributed by atoms with Gasteiger partial charge in [0.15, 0.2) is 0 Å². The van der Waals surface area contributed by atoms with Gasteiger partial charge in [0, 0.05) is 32.2 Å². The molecule has 106 valence electrons. The minimum absolute atomic E-state index is 0.151. The van der Waals surface area contributed by atoms with Gasteiger partial charge >= 0.3 is 0 Å². The predicted octanol–water partition coefficient (Wildman–Crippen LogP) is 1.55. The van der Waals surface area contributed by atoms with Gasteiger partial charge in [0.2, 0.25) is 0 Å². The largest absolute Gasteiger partial charge is 0.311 e. The van der Waals surface area contributed by atoms with Crippen molar-refractivity contribution in [3.05, 3.63) is 35.6 Å². The third-order valence-corrected chi connectivity index (χ3v) is 3.66. The van der Waals surface area contributed by atoms with Crippen molar-refractivity contribution in [1.29, 1.82) is 0 Å². The summed E-state index contributed by atoms with van der Waals surface area (Å²) in [6.07, 6.45) is 1.14. The average Bonchev–Trinajstić information content (AvgIpc) is 2.36. The summed E-state index contributed by atoms with van der Waals surface area (Å²) in [5.41, 5.74) is 1.04. The van der Waals surface area contributed by atoms with Crippen molar-refractivity contribution < 1.29 is 4.39 Å². The summed E-state index contributed by atoms with van der Waals surface area (Å²) in [4.78, 5) is 4.62. The summed E-state index contributed by atoms with van der Waals surface area (Å²) in [5, 5.41) is 3.55. The van der Waals surface area contributed by atoms with Gasteiger partial charge in [0.05, 0.1) is 0 Å². The van der Waals surface area contributed by atoms with Crippen molar-refractivity contribution in [3.8, 4) is 0 Å². The van der Waals surface area contributed by atoms with Gasteiger partial charge in [0.25, 0.3) is 0 Å². The van der Waals surface area contributed by atoms with Gasteiger partial charge in [0.1, 0.15) is 5.82 Å². The predicted molar refractivity (Wildman–Crippen MR) is 76.6 cm³/mol. The number of nitrogens with one attached hydrogen (secondary N) is 1. The third-order valence-electron chi connectivity index (χ3n) is 3.66. The molecule has 0 aromatic heterocycles.